The maximum absolute atomic E-state index is 5.42. The molecule has 0 amide bonds. The van der Waals surface area contributed by atoms with E-state index in [2.05, 4.69) is 15.4 Å². The number of nitrogens with zero attached hydrogens (tertiary/aromatic N) is 4. The lowest BCUT2D eigenvalue weighted by atomic mass is 10.2. The lowest BCUT2D eigenvalue weighted by Gasteiger charge is -2.02. The Kier molecular flexibility index (Phi) is 5.88. The van der Waals surface area contributed by atoms with Gasteiger partial charge in [0.05, 0.1) is 6.61 Å². The second-order valence-electron chi connectivity index (χ2n) is 3.17. The van der Waals surface area contributed by atoms with Crippen molar-refractivity contribution in [2.24, 2.45) is 0 Å². The van der Waals surface area contributed by atoms with Crippen molar-refractivity contribution >= 4 is 0 Å². The molecule has 0 atom stereocenters. The highest BCUT2D eigenvalue weighted by Gasteiger charge is 1.97. The third-order valence-electron chi connectivity index (χ3n) is 1.87. The fourth-order valence-electron chi connectivity index (χ4n) is 1.20. The SMILES string of the molecule is CC.Cc1nnn(COCc2ccccc2)n1. The quantitative estimate of drug-likeness (QED) is 0.813. The largest absolute Gasteiger partial charge is 0.353 e. The van der Waals surface area contributed by atoms with Crippen LogP contribution in [0.25, 0.3) is 0 Å². The van der Waals surface area contributed by atoms with Crippen LogP contribution in [0.1, 0.15) is 25.2 Å². The Morgan fingerprint density at radius 3 is 2.47 bits per heavy atom. The molecule has 2 rings (SSSR count). The molecule has 0 bridgehead atoms. The minimum Gasteiger partial charge on any atom is -0.353 e. The summed E-state index contributed by atoms with van der Waals surface area (Å²) < 4.78 is 5.42. The lowest BCUT2D eigenvalue weighted by molar-refractivity contribution is 0.0458. The summed E-state index contributed by atoms with van der Waals surface area (Å²) in [6, 6.07) is 9.97. The number of aromatic nitrogens is 4. The smallest absolute Gasteiger partial charge is 0.171 e. The molecule has 0 aliphatic rings. The number of benzene rings is 1. The van der Waals surface area contributed by atoms with Crippen LogP contribution in [0.3, 0.4) is 0 Å². The molecule has 1 aromatic carbocycles. The van der Waals surface area contributed by atoms with Gasteiger partial charge in [0.1, 0.15) is 0 Å². The van der Waals surface area contributed by atoms with E-state index in [9.17, 15) is 0 Å². The molecule has 92 valence electrons. The number of ether oxygens (including phenoxy) is 1. The Morgan fingerprint density at radius 2 is 1.88 bits per heavy atom. The lowest BCUT2D eigenvalue weighted by Crippen LogP contribution is -2.06. The molecular weight excluding hydrogens is 216 g/mol. The molecule has 5 heteroatoms. The van der Waals surface area contributed by atoms with Gasteiger partial charge in [-0.1, -0.05) is 44.2 Å². The van der Waals surface area contributed by atoms with Crippen LogP contribution in [-0.4, -0.2) is 20.2 Å². The molecule has 1 aromatic heterocycles. The van der Waals surface area contributed by atoms with E-state index in [0.717, 1.165) is 5.56 Å². The third-order valence-corrected chi connectivity index (χ3v) is 1.87. The highest BCUT2D eigenvalue weighted by Crippen LogP contribution is 2.00. The van der Waals surface area contributed by atoms with Crippen molar-refractivity contribution in [1.82, 2.24) is 20.2 Å². The van der Waals surface area contributed by atoms with E-state index >= 15 is 0 Å². The second kappa shape index (κ2) is 7.51. The van der Waals surface area contributed by atoms with Crippen LogP contribution >= 0.6 is 0 Å². The van der Waals surface area contributed by atoms with Gasteiger partial charge in [0, 0.05) is 0 Å². The summed E-state index contributed by atoms with van der Waals surface area (Å²) in [4.78, 5) is 1.43. The van der Waals surface area contributed by atoms with Crippen molar-refractivity contribution in [1.29, 1.82) is 0 Å². The van der Waals surface area contributed by atoms with E-state index in [1.165, 1.54) is 4.80 Å². The standard InChI is InChI=1S/C10H12N4O.C2H6/c1-9-11-13-14(12-9)8-15-7-10-5-3-2-4-6-10;1-2/h2-6H,7-8H2,1H3;1-2H3. The van der Waals surface area contributed by atoms with E-state index in [1.807, 2.05) is 44.2 Å². The van der Waals surface area contributed by atoms with Gasteiger partial charge in [-0.2, -0.15) is 0 Å². The van der Waals surface area contributed by atoms with Gasteiger partial charge in [-0.3, -0.25) is 0 Å². The van der Waals surface area contributed by atoms with Crippen molar-refractivity contribution < 1.29 is 4.74 Å². The molecule has 0 N–H and O–H groups in total. The Balaban J connectivity index is 0.000000686. The van der Waals surface area contributed by atoms with Gasteiger partial charge in [-0.15, -0.1) is 15.0 Å². The Hall–Kier alpha value is -1.75. The van der Waals surface area contributed by atoms with E-state index in [0.29, 0.717) is 19.2 Å². The maximum Gasteiger partial charge on any atom is 0.171 e. The fraction of sp³-hybridized carbons (Fsp3) is 0.417. The fourth-order valence-corrected chi connectivity index (χ4v) is 1.20. The first-order chi connectivity index (χ1) is 8.34. The predicted octanol–water partition coefficient (Wildman–Crippen LogP) is 2.18. The van der Waals surface area contributed by atoms with Crippen LogP contribution in [-0.2, 0) is 18.1 Å². The summed E-state index contributed by atoms with van der Waals surface area (Å²) in [5.74, 6) is 0.651. The van der Waals surface area contributed by atoms with Crippen molar-refractivity contribution in [3.05, 3.63) is 41.7 Å². The predicted molar refractivity (Wildman–Crippen MR) is 65.1 cm³/mol. The summed E-state index contributed by atoms with van der Waals surface area (Å²) in [6.45, 7) is 6.68. The van der Waals surface area contributed by atoms with Gasteiger partial charge >= 0.3 is 0 Å². The molecule has 0 saturated heterocycles. The molecule has 0 radical (unpaired) electrons. The zero-order chi connectivity index (χ0) is 12.5. The first-order valence-corrected chi connectivity index (χ1v) is 5.71. The summed E-state index contributed by atoms with van der Waals surface area (Å²) in [6.07, 6.45) is 0. The third kappa shape index (κ3) is 4.74. The first kappa shape index (κ1) is 13.3. The van der Waals surface area contributed by atoms with Crippen LogP contribution in [0.5, 0.6) is 0 Å². The summed E-state index contributed by atoms with van der Waals surface area (Å²) in [5.41, 5.74) is 1.13. The van der Waals surface area contributed by atoms with Gasteiger partial charge in [-0.05, 0) is 17.7 Å². The molecule has 0 aliphatic heterocycles. The van der Waals surface area contributed by atoms with Gasteiger partial charge in [0.15, 0.2) is 12.6 Å². The second-order valence-corrected chi connectivity index (χ2v) is 3.17. The highest BCUT2D eigenvalue weighted by atomic mass is 16.5. The highest BCUT2D eigenvalue weighted by molar-refractivity contribution is 5.13. The molecule has 0 spiro atoms. The average molecular weight is 234 g/mol. The average Bonchev–Trinajstić information content (AvgIpc) is 2.79. The van der Waals surface area contributed by atoms with E-state index < -0.39 is 0 Å². The molecule has 0 aliphatic carbocycles. The Morgan fingerprint density at radius 1 is 1.18 bits per heavy atom. The minimum atomic E-state index is 0.329. The number of hydrogen-bond acceptors (Lipinski definition) is 4. The van der Waals surface area contributed by atoms with Crippen LogP contribution in [0.2, 0.25) is 0 Å². The minimum absolute atomic E-state index is 0.329. The number of rotatable bonds is 4. The molecule has 1 heterocycles. The van der Waals surface area contributed by atoms with E-state index in [4.69, 9.17) is 4.74 Å². The Bertz CT molecular complexity index is 413. The van der Waals surface area contributed by atoms with Crippen molar-refractivity contribution in [2.45, 2.75) is 34.1 Å². The molecule has 17 heavy (non-hydrogen) atoms. The summed E-state index contributed by atoms with van der Waals surface area (Å²) in [5, 5.41) is 11.6. The molecule has 0 unspecified atom stereocenters. The van der Waals surface area contributed by atoms with Gasteiger partial charge in [-0.25, -0.2) is 0 Å². The molecule has 0 saturated carbocycles. The summed E-state index contributed by atoms with van der Waals surface area (Å²) in [7, 11) is 0. The number of tetrazole rings is 1. The zero-order valence-corrected chi connectivity index (χ0v) is 10.5. The molecule has 5 nitrogen and oxygen atoms in total. The van der Waals surface area contributed by atoms with Crippen LogP contribution in [0.4, 0.5) is 0 Å². The zero-order valence-electron chi connectivity index (χ0n) is 10.5. The first-order valence-electron chi connectivity index (χ1n) is 5.71. The van der Waals surface area contributed by atoms with Crippen LogP contribution in [0, 0.1) is 6.92 Å². The number of hydrogen-bond donors (Lipinski definition) is 0. The number of aryl methyl sites for hydroxylation is 1. The van der Waals surface area contributed by atoms with E-state index in [-0.39, 0.29) is 0 Å². The molecule has 2 aromatic rings. The van der Waals surface area contributed by atoms with Gasteiger partial charge < -0.3 is 4.74 Å². The Labute approximate surface area is 101 Å². The summed E-state index contributed by atoms with van der Waals surface area (Å²) >= 11 is 0. The van der Waals surface area contributed by atoms with Crippen LogP contribution < -0.4 is 0 Å². The maximum atomic E-state index is 5.42. The molecular formula is C12H18N4O. The molecule has 0 fully saturated rings. The topological polar surface area (TPSA) is 52.8 Å². The van der Waals surface area contributed by atoms with Crippen molar-refractivity contribution in [2.75, 3.05) is 0 Å². The van der Waals surface area contributed by atoms with Crippen molar-refractivity contribution in [3.8, 4) is 0 Å². The normalized spacial score (nSPS) is 9.59. The van der Waals surface area contributed by atoms with E-state index in [1.54, 1.807) is 6.92 Å². The van der Waals surface area contributed by atoms with Crippen LogP contribution in [0.15, 0.2) is 30.3 Å². The monoisotopic (exact) mass is 234 g/mol. The van der Waals surface area contributed by atoms with Gasteiger partial charge in [0.2, 0.25) is 0 Å². The van der Waals surface area contributed by atoms with Gasteiger partial charge in [0.25, 0.3) is 0 Å². The van der Waals surface area contributed by atoms with Crippen molar-refractivity contribution in [3.63, 3.8) is 0 Å².